The van der Waals surface area contributed by atoms with Crippen LogP contribution in [0.25, 0.3) is 0 Å². The lowest BCUT2D eigenvalue weighted by Crippen LogP contribution is -2.25. The molecule has 0 radical (unpaired) electrons. The van der Waals surface area contributed by atoms with E-state index >= 15 is 0 Å². The van der Waals surface area contributed by atoms with E-state index in [1.807, 2.05) is 26.2 Å². The fourth-order valence-electron chi connectivity index (χ4n) is 6.58. The molecule has 6 aromatic carbocycles. The summed E-state index contributed by atoms with van der Waals surface area (Å²) in [6, 6.07) is 34.8. The standard InChI is InChI=1S/C49H44Cl2F2N8O4/c1-60(30-34-6-3-8-36(24-34)46(62)56-44-20-14-38(50)26-42(44)48(64)58-54-28-32-10-16-40(52)17-11-32)22-5-23-61(2)31-35-7-4-9-37(25-35)47(63)57-45-21-15-39(51)27-43(45)49(65)59-55-29-33-12-18-41(53)19-13-33/h3-4,6-21,24-29H,5,22-23,30-31H2,1-2H3,(H,56,62)(H,57,63)(H,58,64)(H,59,65)/b54-28+,55-29+. The lowest BCUT2D eigenvalue weighted by molar-refractivity contribution is 0.0947. The molecule has 0 unspecified atom stereocenters. The number of nitrogens with zero attached hydrogens (tertiary/aromatic N) is 4. The first kappa shape index (κ1) is 47.4. The summed E-state index contributed by atoms with van der Waals surface area (Å²) >= 11 is 12.4. The van der Waals surface area contributed by atoms with Crippen LogP contribution in [0, 0.1) is 11.6 Å². The second-order valence-corrected chi connectivity index (χ2v) is 15.9. The minimum atomic E-state index is -0.596. The molecule has 0 atom stereocenters. The van der Waals surface area contributed by atoms with Gasteiger partial charge in [0.25, 0.3) is 23.6 Å². The summed E-state index contributed by atoms with van der Waals surface area (Å²) in [6.45, 7) is 2.71. The Morgan fingerprint density at radius 2 is 0.938 bits per heavy atom. The number of halogens is 4. The third kappa shape index (κ3) is 14.5. The minimum Gasteiger partial charge on any atom is -0.321 e. The number of benzene rings is 6. The third-order valence-corrected chi connectivity index (χ3v) is 10.3. The Labute approximate surface area is 384 Å². The molecule has 0 spiro atoms. The number of nitrogens with one attached hydrogen (secondary N) is 4. The number of hydrogen-bond donors (Lipinski definition) is 4. The van der Waals surface area contributed by atoms with Crippen LogP contribution in [0.5, 0.6) is 0 Å². The molecule has 0 bridgehead atoms. The summed E-state index contributed by atoms with van der Waals surface area (Å²) in [4.78, 5) is 57.1. The van der Waals surface area contributed by atoms with Crippen molar-refractivity contribution < 1.29 is 28.0 Å². The first-order valence-electron chi connectivity index (χ1n) is 20.2. The van der Waals surface area contributed by atoms with Gasteiger partial charge in [-0.1, -0.05) is 71.7 Å². The number of anilines is 2. The molecule has 6 aromatic rings. The van der Waals surface area contributed by atoms with Gasteiger partial charge in [-0.15, -0.1) is 0 Å². The van der Waals surface area contributed by atoms with E-state index in [0.717, 1.165) is 30.6 Å². The number of rotatable bonds is 18. The highest BCUT2D eigenvalue weighted by molar-refractivity contribution is 6.31. The van der Waals surface area contributed by atoms with Crippen molar-refractivity contribution >= 4 is 70.6 Å². The number of carbonyl (C=O) groups excluding carboxylic acids is 4. The Bertz CT molecular complexity index is 2530. The molecule has 0 heterocycles. The number of hydrogen-bond acceptors (Lipinski definition) is 8. The van der Waals surface area contributed by atoms with Gasteiger partial charge in [0.15, 0.2) is 0 Å². The second-order valence-electron chi connectivity index (χ2n) is 15.0. The minimum absolute atomic E-state index is 0.112. The van der Waals surface area contributed by atoms with Crippen molar-refractivity contribution in [3.05, 3.63) is 200 Å². The highest BCUT2D eigenvalue weighted by atomic mass is 35.5. The number of carbonyl (C=O) groups is 4. The van der Waals surface area contributed by atoms with Crippen LogP contribution in [0.2, 0.25) is 10.0 Å². The Balaban J connectivity index is 0.968. The molecule has 4 amide bonds. The number of amides is 4. The average molecular weight is 918 g/mol. The molecule has 65 heavy (non-hydrogen) atoms. The van der Waals surface area contributed by atoms with Crippen LogP contribution in [-0.4, -0.2) is 73.0 Å². The first-order valence-corrected chi connectivity index (χ1v) is 21.0. The van der Waals surface area contributed by atoms with E-state index in [2.05, 4.69) is 41.5 Å². The largest absolute Gasteiger partial charge is 0.321 e. The normalized spacial score (nSPS) is 11.3. The second kappa shape index (κ2) is 23.0. The molecule has 0 saturated heterocycles. The zero-order chi connectivity index (χ0) is 46.3. The van der Waals surface area contributed by atoms with Crippen LogP contribution in [0.4, 0.5) is 20.2 Å². The first-order chi connectivity index (χ1) is 31.3. The van der Waals surface area contributed by atoms with E-state index in [0.29, 0.717) is 45.4 Å². The predicted molar refractivity (Wildman–Crippen MR) is 252 cm³/mol. The topological polar surface area (TPSA) is 148 Å². The van der Waals surface area contributed by atoms with Crippen molar-refractivity contribution in [3.8, 4) is 0 Å². The molecule has 332 valence electrons. The van der Waals surface area contributed by atoms with Gasteiger partial charge >= 0.3 is 0 Å². The van der Waals surface area contributed by atoms with Crippen LogP contribution in [-0.2, 0) is 13.1 Å². The van der Waals surface area contributed by atoms with Gasteiger partial charge in [-0.2, -0.15) is 10.2 Å². The van der Waals surface area contributed by atoms with Gasteiger partial charge in [-0.25, -0.2) is 19.6 Å². The molecule has 0 aliphatic heterocycles. The summed E-state index contributed by atoms with van der Waals surface area (Å²) in [5.74, 6) is -2.79. The third-order valence-electron chi connectivity index (χ3n) is 9.81. The summed E-state index contributed by atoms with van der Waals surface area (Å²) in [6.07, 6.45) is 3.59. The molecular formula is C49H44Cl2F2N8O4. The van der Waals surface area contributed by atoms with Gasteiger partial charge < -0.3 is 20.4 Å². The maximum absolute atomic E-state index is 13.4. The zero-order valence-corrected chi connectivity index (χ0v) is 36.8. The van der Waals surface area contributed by atoms with Gasteiger partial charge in [-0.3, -0.25) is 19.2 Å². The molecule has 0 saturated carbocycles. The van der Waals surface area contributed by atoms with Crippen LogP contribution >= 0.6 is 23.2 Å². The molecule has 12 nitrogen and oxygen atoms in total. The molecule has 16 heteroatoms. The maximum Gasteiger partial charge on any atom is 0.273 e. The maximum atomic E-state index is 13.4. The SMILES string of the molecule is CN(CCCN(C)Cc1cccc(C(=O)Nc2ccc(Cl)cc2C(=O)N/N=C/c2ccc(F)cc2)c1)Cc1cccc(C(=O)Nc2ccc(Cl)cc2C(=O)N/N=C/c2ccc(F)cc2)c1. The molecular weight excluding hydrogens is 873 g/mol. The monoisotopic (exact) mass is 916 g/mol. The van der Waals surface area contributed by atoms with Gasteiger partial charge in [0.1, 0.15) is 11.6 Å². The van der Waals surface area contributed by atoms with Crippen molar-refractivity contribution in [3.63, 3.8) is 0 Å². The van der Waals surface area contributed by atoms with Crippen LogP contribution < -0.4 is 21.5 Å². The fourth-order valence-corrected chi connectivity index (χ4v) is 6.92. The smallest absolute Gasteiger partial charge is 0.273 e. The van der Waals surface area contributed by atoms with Crippen LogP contribution in [0.3, 0.4) is 0 Å². The van der Waals surface area contributed by atoms with E-state index in [1.54, 1.807) is 60.7 Å². The molecule has 4 N–H and O–H groups in total. The Morgan fingerprint density at radius 3 is 1.34 bits per heavy atom. The fraction of sp³-hybridized carbons (Fsp3) is 0.143. The van der Waals surface area contributed by atoms with E-state index in [4.69, 9.17) is 23.2 Å². The molecule has 6 rings (SSSR count). The molecule has 0 aliphatic rings. The Kier molecular flexibility index (Phi) is 16.8. The van der Waals surface area contributed by atoms with Gasteiger partial charge in [0.2, 0.25) is 0 Å². The summed E-state index contributed by atoms with van der Waals surface area (Å²) in [5, 5.41) is 14.1. The van der Waals surface area contributed by atoms with Crippen molar-refractivity contribution in [2.75, 3.05) is 37.8 Å². The lowest BCUT2D eigenvalue weighted by atomic mass is 10.1. The van der Waals surface area contributed by atoms with Gasteiger partial charge in [0.05, 0.1) is 34.9 Å². The molecule has 0 aromatic heterocycles. The highest BCUT2D eigenvalue weighted by Crippen LogP contribution is 2.24. The summed E-state index contributed by atoms with van der Waals surface area (Å²) in [5.41, 5.74) is 9.39. The quantitative estimate of drug-likeness (QED) is 0.0500. The lowest BCUT2D eigenvalue weighted by Gasteiger charge is -2.21. The average Bonchev–Trinajstić information content (AvgIpc) is 3.29. The Hall–Kier alpha value is -7.10. The van der Waals surface area contributed by atoms with Crippen LogP contribution in [0.15, 0.2) is 144 Å². The van der Waals surface area contributed by atoms with E-state index < -0.39 is 23.6 Å². The zero-order valence-electron chi connectivity index (χ0n) is 35.3. The molecule has 0 aliphatic carbocycles. The van der Waals surface area contributed by atoms with Crippen molar-refractivity contribution in [2.24, 2.45) is 10.2 Å². The van der Waals surface area contributed by atoms with E-state index in [1.165, 1.54) is 73.1 Å². The predicted octanol–water partition coefficient (Wildman–Crippen LogP) is 9.26. The van der Waals surface area contributed by atoms with Crippen molar-refractivity contribution in [1.82, 2.24) is 20.7 Å². The van der Waals surface area contributed by atoms with E-state index in [-0.39, 0.29) is 34.1 Å². The van der Waals surface area contributed by atoms with Crippen LogP contribution in [0.1, 0.15) is 70.1 Å². The number of hydrazone groups is 2. The van der Waals surface area contributed by atoms with Crippen molar-refractivity contribution in [2.45, 2.75) is 19.5 Å². The Morgan fingerprint density at radius 1 is 0.538 bits per heavy atom. The summed E-state index contributed by atoms with van der Waals surface area (Å²) in [7, 11) is 4.01. The van der Waals surface area contributed by atoms with Crippen molar-refractivity contribution in [1.29, 1.82) is 0 Å². The highest BCUT2D eigenvalue weighted by Gasteiger charge is 2.18. The van der Waals surface area contributed by atoms with E-state index in [9.17, 15) is 28.0 Å². The van der Waals surface area contributed by atoms with Gasteiger partial charge in [-0.05, 0) is 141 Å². The summed E-state index contributed by atoms with van der Waals surface area (Å²) < 4.78 is 26.4. The van der Waals surface area contributed by atoms with Gasteiger partial charge in [0, 0.05) is 34.3 Å². The molecule has 0 fully saturated rings.